The second-order valence-corrected chi connectivity index (χ2v) is 11.1. The third-order valence-corrected chi connectivity index (χ3v) is 7.12. The van der Waals surface area contributed by atoms with E-state index in [1.54, 1.807) is 17.7 Å². The Balaban J connectivity index is 1.64. The van der Waals surface area contributed by atoms with Gasteiger partial charge in [0, 0.05) is 11.8 Å². The molecule has 0 bridgehead atoms. The van der Waals surface area contributed by atoms with Gasteiger partial charge in [-0.3, -0.25) is 4.98 Å². The molecule has 0 radical (unpaired) electrons. The Labute approximate surface area is 199 Å². The van der Waals surface area contributed by atoms with Crippen LogP contribution in [0.3, 0.4) is 0 Å². The fourth-order valence-corrected chi connectivity index (χ4v) is 5.60. The van der Waals surface area contributed by atoms with Crippen LogP contribution in [-0.4, -0.2) is 15.0 Å². The maximum absolute atomic E-state index is 4.73. The van der Waals surface area contributed by atoms with Crippen molar-refractivity contribution in [1.82, 2.24) is 15.0 Å². The fourth-order valence-electron chi connectivity index (χ4n) is 4.52. The lowest BCUT2D eigenvalue weighted by atomic mass is 9.82. The van der Waals surface area contributed by atoms with Gasteiger partial charge in [-0.1, -0.05) is 58.9 Å². The number of thiophene rings is 1. The monoisotopic (exact) mass is 451 g/mol. The SMILES string of the molecule is CC(C)Cc1csc2c(-c3cc(-c4cc(C(C)(C)C)c5ccccc5c4)ncn3)nccc12. The quantitative estimate of drug-likeness (QED) is 0.277. The molecule has 0 N–H and O–H groups in total. The van der Waals surface area contributed by atoms with Gasteiger partial charge in [-0.05, 0) is 74.7 Å². The van der Waals surface area contributed by atoms with E-state index in [0.29, 0.717) is 5.92 Å². The highest BCUT2D eigenvalue weighted by molar-refractivity contribution is 7.18. The number of benzene rings is 2. The summed E-state index contributed by atoms with van der Waals surface area (Å²) in [7, 11) is 0. The standard InChI is InChI=1S/C29H29N3S/c1-18(2)12-21-16-33-28-23(21)10-11-30-27(28)26-15-25(31-17-32-26)20-13-19-8-6-7-9-22(19)24(14-20)29(3,4)5/h6-11,13-18H,12H2,1-5H3. The number of pyridine rings is 1. The number of nitrogens with zero attached hydrogens (tertiary/aromatic N) is 3. The van der Waals surface area contributed by atoms with Crippen molar-refractivity contribution in [2.45, 2.75) is 46.5 Å². The first-order valence-electron chi connectivity index (χ1n) is 11.5. The molecule has 0 fully saturated rings. The van der Waals surface area contributed by atoms with Crippen LogP contribution in [0.1, 0.15) is 45.7 Å². The predicted molar refractivity (Wildman–Crippen MR) is 141 cm³/mol. The molecule has 33 heavy (non-hydrogen) atoms. The minimum absolute atomic E-state index is 0.0302. The number of aromatic nitrogens is 3. The minimum atomic E-state index is 0.0302. The number of hydrogen-bond acceptors (Lipinski definition) is 4. The third-order valence-electron chi connectivity index (χ3n) is 6.07. The largest absolute Gasteiger partial charge is 0.253 e. The van der Waals surface area contributed by atoms with Gasteiger partial charge in [0.1, 0.15) is 12.0 Å². The first kappa shape index (κ1) is 21.7. The van der Waals surface area contributed by atoms with E-state index in [9.17, 15) is 0 Å². The van der Waals surface area contributed by atoms with E-state index in [0.717, 1.165) is 29.1 Å². The zero-order valence-electron chi connectivity index (χ0n) is 19.9. The van der Waals surface area contributed by atoms with Gasteiger partial charge >= 0.3 is 0 Å². The number of fused-ring (bicyclic) bond motifs is 2. The summed E-state index contributed by atoms with van der Waals surface area (Å²) >= 11 is 1.76. The maximum Gasteiger partial charge on any atom is 0.116 e. The fraction of sp³-hybridized carbons (Fsp3) is 0.276. The molecular weight excluding hydrogens is 422 g/mol. The molecule has 0 unspecified atom stereocenters. The van der Waals surface area contributed by atoms with Crippen molar-refractivity contribution in [3.8, 4) is 22.6 Å². The molecule has 0 aliphatic heterocycles. The summed E-state index contributed by atoms with van der Waals surface area (Å²) in [5.74, 6) is 0.620. The number of rotatable bonds is 4. The van der Waals surface area contributed by atoms with Gasteiger partial charge in [0.05, 0.1) is 16.1 Å². The van der Waals surface area contributed by atoms with Crippen molar-refractivity contribution in [2.24, 2.45) is 5.92 Å². The molecule has 3 nitrogen and oxygen atoms in total. The van der Waals surface area contributed by atoms with E-state index < -0.39 is 0 Å². The van der Waals surface area contributed by atoms with E-state index in [-0.39, 0.29) is 5.41 Å². The van der Waals surface area contributed by atoms with Crippen molar-refractivity contribution >= 4 is 32.2 Å². The molecule has 0 aliphatic rings. The molecule has 0 amide bonds. The van der Waals surface area contributed by atoms with Crippen molar-refractivity contribution in [3.05, 3.63) is 77.6 Å². The zero-order valence-corrected chi connectivity index (χ0v) is 20.7. The van der Waals surface area contributed by atoms with E-state index >= 15 is 0 Å². The van der Waals surface area contributed by atoms with E-state index in [4.69, 9.17) is 4.98 Å². The van der Waals surface area contributed by atoms with E-state index in [1.165, 1.54) is 32.0 Å². The molecule has 4 heteroatoms. The Hall–Kier alpha value is -3.11. The van der Waals surface area contributed by atoms with Crippen molar-refractivity contribution < 1.29 is 0 Å². The smallest absolute Gasteiger partial charge is 0.116 e. The molecule has 166 valence electrons. The summed E-state index contributed by atoms with van der Waals surface area (Å²) in [6.45, 7) is 11.3. The van der Waals surface area contributed by atoms with E-state index in [1.807, 2.05) is 6.20 Å². The van der Waals surface area contributed by atoms with Gasteiger partial charge in [-0.25, -0.2) is 9.97 Å². The molecule has 3 heterocycles. The number of hydrogen-bond donors (Lipinski definition) is 0. The van der Waals surface area contributed by atoms with Gasteiger partial charge in [-0.15, -0.1) is 11.3 Å². The topological polar surface area (TPSA) is 38.7 Å². The summed E-state index contributed by atoms with van der Waals surface area (Å²) in [5, 5.41) is 6.10. The van der Waals surface area contributed by atoms with Crippen molar-refractivity contribution in [3.63, 3.8) is 0 Å². The lowest BCUT2D eigenvalue weighted by molar-refractivity contribution is 0.596. The molecule has 5 aromatic rings. The Morgan fingerprint density at radius 2 is 1.67 bits per heavy atom. The van der Waals surface area contributed by atoms with Crippen LogP contribution in [0.15, 0.2) is 66.4 Å². The summed E-state index contributed by atoms with van der Waals surface area (Å²) in [6, 6.07) is 17.3. The lowest BCUT2D eigenvalue weighted by Crippen LogP contribution is -2.12. The summed E-state index contributed by atoms with van der Waals surface area (Å²) < 4.78 is 1.20. The zero-order chi connectivity index (χ0) is 23.2. The average Bonchev–Trinajstić information content (AvgIpc) is 3.20. The Kier molecular flexibility index (Phi) is 5.49. The van der Waals surface area contributed by atoms with Crippen LogP contribution in [0.25, 0.3) is 43.5 Å². The highest BCUT2D eigenvalue weighted by Crippen LogP contribution is 2.37. The molecule has 0 spiro atoms. The van der Waals surface area contributed by atoms with E-state index in [2.05, 4.69) is 98.5 Å². The van der Waals surface area contributed by atoms with Crippen LogP contribution in [0.4, 0.5) is 0 Å². The first-order chi connectivity index (χ1) is 15.8. The van der Waals surface area contributed by atoms with Gasteiger partial charge in [-0.2, -0.15) is 0 Å². The van der Waals surface area contributed by atoms with Crippen molar-refractivity contribution in [2.75, 3.05) is 0 Å². The second kappa shape index (κ2) is 8.35. The highest BCUT2D eigenvalue weighted by Gasteiger charge is 2.19. The average molecular weight is 452 g/mol. The van der Waals surface area contributed by atoms with Gasteiger partial charge < -0.3 is 0 Å². The van der Waals surface area contributed by atoms with Crippen LogP contribution in [0.2, 0.25) is 0 Å². The second-order valence-electron chi connectivity index (χ2n) is 10.2. The predicted octanol–water partition coefficient (Wildman–Crippen LogP) is 8.07. The van der Waals surface area contributed by atoms with Crippen molar-refractivity contribution in [1.29, 1.82) is 0 Å². The molecule has 0 saturated heterocycles. The molecule has 3 aromatic heterocycles. The first-order valence-corrected chi connectivity index (χ1v) is 12.4. The highest BCUT2D eigenvalue weighted by atomic mass is 32.1. The Bertz CT molecular complexity index is 1460. The van der Waals surface area contributed by atoms with Crippen LogP contribution < -0.4 is 0 Å². The third kappa shape index (κ3) is 4.16. The van der Waals surface area contributed by atoms with Crippen LogP contribution >= 0.6 is 11.3 Å². The van der Waals surface area contributed by atoms with Crippen LogP contribution in [0.5, 0.6) is 0 Å². The summed E-state index contributed by atoms with van der Waals surface area (Å²) in [6.07, 6.45) is 4.65. The minimum Gasteiger partial charge on any atom is -0.253 e. The van der Waals surface area contributed by atoms with Crippen LogP contribution in [-0.2, 0) is 11.8 Å². The summed E-state index contributed by atoms with van der Waals surface area (Å²) in [4.78, 5) is 14.0. The van der Waals surface area contributed by atoms with Gasteiger partial charge in [0.2, 0.25) is 0 Å². The Morgan fingerprint density at radius 1 is 0.879 bits per heavy atom. The molecule has 2 aromatic carbocycles. The summed E-state index contributed by atoms with van der Waals surface area (Å²) in [5.41, 5.74) is 6.60. The lowest BCUT2D eigenvalue weighted by Gasteiger charge is -2.22. The molecule has 0 saturated carbocycles. The normalized spacial score (nSPS) is 12.2. The van der Waals surface area contributed by atoms with Gasteiger partial charge in [0.25, 0.3) is 0 Å². The molecule has 0 aliphatic carbocycles. The molecule has 0 atom stereocenters. The maximum atomic E-state index is 4.73. The molecular formula is C29H29N3S. The molecule has 5 rings (SSSR count). The van der Waals surface area contributed by atoms with Crippen LogP contribution in [0, 0.1) is 5.92 Å². The van der Waals surface area contributed by atoms with Gasteiger partial charge in [0.15, 0.2) is 0 Å². The Morgan fingerprint density at radius 3 is 2.45 bits per heavy atom.